The lowest BCUT2D eigenvalue weighted by Crippen LogP contribution is -2.31. The molecule has 0 aliphatic rings. The van der Waals surface area contributed by atoms with Crippen molar-refractivity contribution in [2.45, 2.75) is 28.9 Å². The summed E-state index contributed by atoms with van der Waals surface area (Å²) in [4.78, 5) is 0.786. The summed E-state index contributed by atoms with van der Waals surface area (Å²) in [6.07, 6.45) is 0. The first kappa shape index (κ1) is 22.5. The Hall–Kier alpha value is -2.20. The molecule has 6 nitrogen and oxygen atoms in total. The van der Waals surface area contributed by atoms with Crippen molar-refractivity contribution in [3.8, 4) is 5.75 Å². The van der Waals surface area contributed by atoms with Gasteiger partial charge in [-0.2, -0.15) is 0 Å². The molecular formula is C21H23NO5S3. The molecule has 0 saturated heterocycles. The van der Waals surface area contributed by atoms with Gasteiger partial charge < -0.3 is 4.74 Å². The summed E-state index contributed by atoms with van der Waals surface area (Å²) in [7, 11) is -6.20. The average molecular weight is 466 g/mol. The predicted octanol–water partition coefficient (Wildman–Crippen LogP) is 3.87. The van der Waals surface area contributed by atoms with Gasteiger partial charge in [-0.25, -0.2) is 21.6 Å². The van der Waals surface area contributed by atoms with E-state index in [9.17, 15) is 16.8 Å². The molecular weight excluding hydrogens is 442 g/mol. The molecule has 0 aliphatic heterocycles. The highest BCUT2D eigenvalue weighted by Crippen LogP contribution is 2.32. The van der Waals surface area contributed by atoms with E-state index in [-0.39, 0.29) is 16.3 Å². The molecule has 0 unspecified atom stereocenters. The molecule has 30 heavy (non-hydrogen) atoms. The van der Waals surface area contributed by atoms with Gasteiger partial charge in [0.05, 0.1) is 16.9 Å². The summed E-state index contributed by atoms with van der Waals surface area (Å²) in [5, 5.41) is 0.739. The van der Waals surface area contributed by atoms with E-state index in [1.807, 2.05) is 6.92 Å². The van der Waals surface area contributed by atoms with Crippen LogP contribution in [0.5, 0.6) is 5.75 Å². The summed E-state index contributed by atoms with van der Waals surface area (Å²) in [5.41, 5.74) is 1.61. The molecule has 1 aromatic heterocycles. The minimum atomic E-state index is -3.91. The molecule has 0 radical (unpaired) electrons. The highest BCUT2D eigenvalue weighted by atomic mass is 32.2. The number of thiophene rings is 1. The lowest BCUT2D eigenvalue weighted by Gasteiger charge is -2.18. The molecule has 3 rings (SSSR count). The van der Waals surface area contributed by atoms with Gasteiger partial charge in [0, 0.05) is 11.4 Å². The molecule has 1 heterocycles. The van der Waals surface area contributed by atoms with Gasteiger partial charge in [-0.15, -0.1) is 11.3 Å². The first-order valence-corrected chi connectivity index (χ1v) is 13.0. The minimum absolute atomic E-state index is 0.0541. The standard InChI is InChI=1S/C21H23NO5S3/c1-15-6-8-17(9-7-15)29(23,24)21(20-5-4-12-28-20)14-22-30(25,26)18-10-11-19(27-3)16(2)13-18/h4-13,21-22H,14H2,1-3H3/t21-/m0/s1. The third-order valence-corrected chi connectivity index (χ3v) is 9.38. The number of hydrogen-bond acceptors (Lipinski definition) is 6. The smallest absolute Gasteiger partial charge is 0.240 e. The van der Waals surface area contributed by atoms with Crippen molar-refractivity contribution < 1.29 is 21.6 Å². The van der Waals surface area contributed by atoms with Crippen LogP contribution in [0, 0.1) is 13.8 Å². The summed E-state index contributed by atoms with van der Waals surface area (Å²) in [5.74, 6) is 0.576. The third kappa shape index (κ3) is 4.75. The first-order chi connectivity index (χ1) is 14.1. The van der Waals surface area contributed by atoms with Crippen LogP contribution in [0.1, 0.15) is 21.3 Å². The molecule has 0 amide bonds. The number of aryl methyl sites for hydroxylation is 2. The Bertz CT molecular complexity index is 1220. The zero-order valence-corrected chi connectivity index (χ0v) is 19.3. The van der Waals surface area contributed by atoms with Crippen LogP contribution in [0.4, 0.5) is 0 Å². The Labute approximate surface area is 181 Å². The molecule has 3 aromatic rings. The van der Waals surface area contributed by atoms with E-state index in [0.717, 1.165) is 5.56 Å². The van der Waals surface area contributed by atoms with Gasteiger partial charge >= 0.3 is 0 Å². The molecule has 0 fully saturated rings. The Balaban J connectivity index is 1.91. The molecule has 0 saturated carbocycles. The zero-order chi connectivity index (χ0) is 21.9. The van der Waals surface area contributed by atoms with Crippen LogP contribution < -0.4 is 9.46 Å². The van der Waals surface area contributed by atoms with Crippen molar-refractivity contribution in [3.63, 3.8) is 0 Å². The number of nitrogens with one attached hydrogen (secondary N) is 1. The second kappa shape index (κ2) is 8.89. The molecule has 2 aromatic carbocycles. The van der Waals surface area contributed by atoms with Crippen LogP contribution in [-0.4, -0.2) is 30.5 Å². The van der Waals surface area contributed by atoms with Crippen LogP contribution in [0.3, 0.4) is 0 Å². The number of sulfonamides is 1. The number of rotatable bonds is 8. The highest BCUT2D eigenvalue weighted by Gasteiger charge is 2.31. The SMILES string of the molecule is COc1ccc(S(=O)(=O)NC[C@@H](c2cccs2)S(=O)(=O)c2ccc(C)cc2)cc1C. The quantitative estimate of drug-likeness (QED) is 0.546. The van der Waals surface area contributed by atoms with Gasteiger partial charge in [0.1, 0.15) is 11.0 Å². The molecule has 0 aliphatic carbocycles. The average Bonchev–Trinajstić information content (AvgIpc) is 3.22. The minimum Gasteiger partial charge on any atom is -0.496 e. The number of benzene rings is 2. The maximum atomic E-state index is 13.3. The van der Waals surface area contributed by atoms with E-state index in [1.165, 1.54) is 30.6 Å². The van der Waals surface area contributed by atoms with Crippen molar-refractivity contribution in [1.82, 2.24) is 4.72 Å². The van der Waals surface area contributed by atoms with Gasteiger partial charge in [-0.3, -0.25) is 0 Å². The van der Waals surface area contributed by atoms with E-state index in [1.54, 1.807) is 54.8 Å². The first-order valence-electron chi connectivity index (χ1n) is 9.13. The molecule has 0 spiro atoms. The van der Waals surface area contributed by atoms with Crippen LogP contribution in [-0.2, 0) is 19.9 Å². The van der Waals surface area contributed by atoms with Gasteiger partial charge in [0.25, 0.3) is 0 Å². The predicted molar refractivity (Wildman–Crippen MR) is 118 cm³/mol. The second-order valence-electron chi connectivity index (χ2n) is 6.85. The third-order valence-electron chi connectivity index (χ3n) is 4.72. The zero-order valence-electron chi connectivity index (χ0n) is 16.8. The summed E-state index contributed by atoms with van der Waals surface area (Å²) >= 11 is 1.28. The maximum absolute atomic E-state index is 13.3. The highest BCUT2D eigenvalue weighted by molar-refractivity contribution is 7.92. The van der Waals surface area contributed by atoms with E-state index >= 15 is 0 Å². The Morgan fingerprint density at radius 3 is 2.20 bits per heavy atom. The van der Waals surface area contributed by atoms with Gasteiger partial charge in [-0.1, -0.05) is 23.8 Å². The van der Waals surface area contributed by atoms with Crippen LogP contribution in [0.2, 0.25) is 0 Å². The lowest BCUT2D eigenvalue weighted by molar-refractivity contribution is 0.411. The van der Waals surface area contributed by atoms with Gasteiger partial charge in [0.2, 0.25) is 10.0 Å². The number of methoxy groups -OCH3 is 1. The number of ether oxygens (including phenoxy) is 1. The maximum Gasteiger partial charge on any atom is 0.240 e. The Morgan fingerprint density at radius 2 is 1.63 bits per heavy atom. The van der Waals surface area contributed by atoms with Crippen molar-refractivity contribution in [3.05, 3.63) is 76.0 Å². The van der Waals surface area contributed by atoms with Crippen molar-refractivity contribution >= 4 is 31.2 Å². The number of hydrogen-bond donors (Lipinski definition) is 1. The number of sulfone groups is 1. The van der Waals surface area contributed by atoms with E-state index in [4.69, 9.17) is 4.74 Å². The monoisotopic (exact) mass is 465 g/mol. The van der Waals surface area contributed by atoms with E-state index < -0.39 is 25.1 Å². The Morgan fingerprint density at radius 1 is 0.967 bits per heavy atom. The topological polar surface area (TPSA) is 89.5 Å². The fourth-order valence-corrected chi connectivity index (χ4v) is 7.04. The summed E-state index contributed by atoms with van der Waals surface area (Å²) in [6, 6.07) is 14.5. The van der Waals surface area contributed by atoms with Crippen LogP contribution in [0.15, 0.2) is 69.8 Å². The molecule has 9 heteroatoms. The molecule has 1 atom stereocenters. The normalized spacial score (nSPS) is 13.2. The van der Waals surface area contributed by atoms with Gasteiger partial charge in [-0.05, 0) is 61.2 Å². The second-order valence-corrected chi connectivity index (χ2v) is 11.7. The van der Waals surface area contributed by atoms with Crippen molar-refractivity contribution in [2.24, 2.45) is 0 Å². The van der Waals surface area contributed by atoms with Crippen molar-refractivity contribution in [2.75, 3.05) is 13.7 Å². The molecule has 160 valence electrons. The van der Waals surface area contributed by atoms with Crippen LogP contribution in [0.25, 0.3) is 0 Å². The van der Waals surface area contributed by atoms with E-state index in [0.29, 0.717) is 16.2 Å². The molecule has 0 bridgehead atoms. The molecule has 1 N–H and O–H groups in total. The van der Waals surface area contributed by atoms with Crippen molar-refractivity contribution in [1.29, 1.82) is 0 Å². The fraction of sp³-hybridized carbons (Fsp3) is 0.238. The van der Waals surface area contributed by atoms with Gasteiger partial charge in [0.15, 0.2) is 9.84 Å². The summed E-state index contributed by atoms with van der Waals surface area (Å²) in [6.45, 7) is 3.34. The van der Waals surface area contributed by atoms with Crippen LogP contribution >= 0.6 is 11.3 Å². The fourth-order valence-electron chi connectivity index (χ4n) is 3.02. The lowest BCUT2D eigenvalue weighted by atomic mass is 10.2. The largest absolute Gasteiger partial charge is 0.496 e. The van der Waals surface area contributed by atoms with E-state index in [2.05, 4.69) is 4.72 Å². The Kier molecular flexibility index (Phi) is 6.66. The summed E-state index contributed by atoms with van der Waals surface area (Å²) < 4.78 is 59.9.